The fourth-order valence-electron chi connectivity index (χ4n) is 2.84. The van der Waals surface area contributed by atoms with Crippen molar-refractivity contribution in [3.63, 3.8) is 0 Å². The average Bonchev–Trinajstić information content (AvgIpc) is 3.13. The minimum Gasteiger partial charge on any atom is -0.491 e. The largest absolute Gasteiger partial charge is 0.491 e. The van der Waals surface area contributed by atoms with Crippen molar-refractivity contribution in [3.05, 3.63) is 75.9 Å². The standard InChI is InChI=1S/C20H20N4O5/c1-13-11-15(4-6-18(13)29-10-9-25)22-16-5-3-14(12-17(16)24(27)28)19(26)20-21-7-8-23(20)2/h3-8,11-12,22,25H,9-10H2,1-2H3. The fraction of sp³-hybridized carbons (Fsp3) is 0.200. The number of carbonyl (C=O) groups is 1. The minimum atomic E-state index is -0.539. The molecule has 0 fully saturated rings. The van der Waals surface area contributed by atoms with Gasteiger partial charge in [-0.1, -0.05) is 0 Å². The topological polar surface area (TPSA) is 120 Å². The van der Waals surface area contributed by atoms with Crippen LogP contribution in [0.3, 0.4) is 0 Å². The van der Waals surface area contributed by atoms with Gasteiger partial charge in [0, 0.05) is 36.8 Å². The Bertz CT molecular complexity index is 1060. The highest BCUT2D eigenvalue weighted by Crippen LogP contribution is 2.31. The maximum absolute atomic E-state index is 12.6. The number of nitro groups is 1. The summed E-state index contributed by atoms with van der Waals surface area (Å²) < 4.78 is 6.97. The van der Waals surface area contributed by atoms with Crippen LogP contribution in [-0.2, 0) is 7.05 Å². The smallest absolute Gasteiger partial charge is 0.293 e. The van der Waals surface area contributed by atoms with Crippen LogP contribution in [0.15, 0.2) is 48.8 Å². The van der Waals surface area contributed by atoms with E-state index in [2.05, 4.69) is 10.3 Å². The van der Waals surface area contributed by atoms with Crippen LogP contribution in [0.25, 0.3) is 0 Å². The first-order valence-corrected chi connectivity index (χ1v) is 8.82. The molecule has 1 heterocycles. The van der Waals surface area contributed by atoms with Gasteiger partial charge in [0.05, 0.1) is 11.5 Å². The lowest BCUT2D eigenvalue weighted by Crippen LogP contribution is -2.09. The van der Waals surface area contributed by atoms with Gasteiger partial charge in [-0.25, -0.2) is 4.98 Å². The summed E-state index contributed by atoms with van der Waals surface area (Å²) in [6, 6.07) is 9.49. The number of imidazole rings is 1. The van der Waals surface area contributed by atoms with Crippen molar-refractivity contribution < 1.29 is 19.6 Å². The summed E-state index contributed by atoms with van der Waals surface area (Å²) in [5.74, 6) is 0.428. The Kier molecular flexibility index (Phi) is 5.89. The Morgan fingerprint density at radius 3 is 2.72 bits per heavy atom. The molecule has 0 bridgehead atoms. The number of anilines is 2. The van der Waals surface area contributed by atoms with Crippen molar-refractivity contribution in [1.82, 2.24) is 9.55 Å². The van der Waals surface area contributed by atoms with Gasteiger partial charge in [0.1, 0.15) is 18.0 Å². The number of aryl methyl sites for hydroxylation is 2. The second kappa shape index (κ2) is 8.53. The van der Waals surface area contributed by atoms with Crippen molar-refractivity contribution in [1.29, 1.82) is 0 Å². The van der Waals surface area contributed by atoms with E-state index in [-0.39, 0.29) is 36.0 Å². The number of nitrogens with zero attached hydrogens (tertiary/aromatic N) is 3. The molecule has 2 N–H and O–H groups in total. The summed E-state index contributed by atoms with van der Waals surface area (Å²) in [5, 5.41) is 23.4. The molecule has 0 aliphatic rings. The molecule has 0 aliphatic heterocycles. The summed E-state index contributed by atoms with van der Waals surface area (Å²) in [5.41, 5.74) is 1.66. The van der Waals surface area contributed by atoms with E-state index in [1.54, 1.807) is 36.0 Å². The van der Waals surface area contributed by atoms with E-state index >= 15 is 0 Å². The fourth-order valence-corrected chi connectivity index (χ4v) is 2.84. The summed E-state index contributed by atoms with van der Waals surface area (Å²) in [7, 11) is 1.68. The van der Waals surface area contributed by atoms with Crippen LogP contribution in [-0.4, -0.2) is 38.6 Å². The summed E-state index contributed by atoms with van der Waals surface area (Å²) in [6.45, 7) is 1.93. The zero-order valence-corrected chi connectivity index (χ0v) is 16.0. The van der Waals surface area contributed by atoms with Gasteiger partial charge in [-0.05, 0) is 42.8 Å². The lowest BCUT2D eigenvalue weighted by molar-refractivity contribution is -0.383. The molecule has 9 nitrogen and oxygen atoms in total. The van der Waals surface area contributed by atoms with E-state index in [4.69, 9.17) is 9.84 Å². The van der Waals surface area contributed by atoms with Crippen LogP contribution in [0.4, 0.5) is 17.1 Å². The van der Waals surface area contributed by atoms with Crippen LogP contribution in [0.2, 0.25) is 0 Å². The lowest BCUT2D eigenvalue weighted by atomic mass is 10.1. The average molecular weight is 396 g/mol. The molecule has 3 rings (SSSR count). The normalized spacial score (nSPS) is 10.6. The van der Waals surface area contributed by atoms with Crippen LogP contribution < -0.4 is 10.1 Å². The number of benzene rings is 2. The minimum absolute atomic E-state index is 0.0883. The number of aliphatic hydroxyl groups excluding tert-OH is 1. The number of aliphatic hydroxyl groups is 1. The number of carbonyl (C=O) groups excluding carboxylic acids is 1. The first-order chi connectivity index (χ1) is 13.9. The molecule has 0 atom stereocenters. The molecule has 0 aliphatic carbocycles. The second-order valence-electron chi connectivity index (χ2n) is 6.36. The molecule has 29 heavy (non-hydrogen) atoms. The van der Waals surface area contributed by atoms with Gasteiger partial charge in [0.25, 0.3) is 5.69 Å². The maximum atomic E-state index is 12.6. The van der Waals surface area contributed by atoms with E-state index in [1.807, 2.05) is 6.92 Å². The summed E-state index contributed by atoms with van der Waals surface area (Å²) >= 11 is 0. The molecular weight excluding hydrogens is 376 g/mol. The Hall–Kier alpha value is -3.72. The first kappa shape index (κ1) is 20.0. The van der Waals surface area contributed by atoms with E-state index in [0.29, 0.717) is 11.4 Å². The van der Waals surface area contributed by atoms with Crippen molar-refractivity contribution in [2.24, 2.45) is 7.05 Å². The highest BCUT2D eigenvalue weighted by Gasteiger charge is 2.21. The summed E-state index contributed by atoms with van der Waals surface area (Å²) in [6.07, 6.45) is 3.13. The number of aromatic nitrogens is 2. The Balaban J connectivity index is 1.88. The van der Waals surface area contributed by atoms with Gasteiger partial charge >= 0.3 is 0 Å². The lowest BCUT2D eigenvalue weighted by Gasteiger charge is -2.12. The molecule has 1 aromatic heterocycles. The van der Waals surface area contributed by atoms with Crippen molar-refractivity contribution >= 4 is 22.8 Å². The van der Waals surface area contributed by atoms with Gasteiger partial charge in [-0.2, -0.15) is 0 Å². The third kappa shape index (κ3) is 4.41. The molecule has 2 aromatic carbocycles. The van der Waals surface area contributed by atoms with Crippen LogP contribution in [0.1, 0.15) is 21.7 Å². The molecule has 0 saturated carbocycles. The highest BCUT2D eigenvalue weighted by molar-refractivity contribution is 6.07. The van der Waals surface area contributed by atoms with Gasteiger partial charge in [0.2, 0.25) is 5.78 Å². The van der Waals surface area contributed by atoms with Gasteiger partial charge in [-0.15, -0.1) is 0 Å². The number of rotatable bonds is 8. The molecule has 0 amide bonds. The van der Waals surface area contributed by atoms with Gasteiger partial charge in [0.15, 0.2) is 5.82 Å². The third-order valence-corrected chi connectivity index (χ3v) is 4.28. The van der Waals surface area contributed by atoms with E-state index in [1.165, 1.54) is 24.4 Å². The van der Waals surface area contributed by atoms with Gasteiger partial charge < -0.3 is 19.7 Å². The quantitative estimate of drug-likeness (QED) is 0.341. The van der Waals surface area contributed by atoms with E-state index < -0.39 is 10.7 Å². The molecule has 150 valence electrons. The van der Waals surface area contributed by atoms with E-state index in [0.717, 1.165) is 5.56 Å². The molecule has 0 radical (unpaired) electrons. The SMILES string of the molecule is Cc1cc(Nc2ccc(C(=O)c3nccn3C)cc2[N+](=O)[O-])ccc1OCCO. The maximum Gasteiger partial charge on any atom is 0.293 e. The number of hydrogen-bond donors (Lipinski definition) is 2. The number of nitrogens with one attached hydrogen (secondary N) is 1. The molecule has 0 unspecified atom stereocenters. The number of ketones is 1. The third-order valence-electron chi connectivity index (χ3n) is 4.28. The number of nitro benzene ring substituents is 1. The Labute approximate surface area is 166 Å². The number of ether oxygens (including phenoxy) is 1. The van der Waals surface area contributed by atoms with Crippen molar-refractivity contribution in [2.75, 3.05) is 18.5 Å². The molecule has 0 saturated heterocycles. The summed E-state index contributed by atoms with van der Waals surface area (Å²) in [4.78, 5) is 27.6. The Morgan fingerprint density at radius 2 is 2.10 bits per heavy atom. The van der Waals surface area contributed by atoms with Gasteiger partial charge in [-0.3, -0.25) is 14.9 Å². The highest BCUT2D eigenvalue weighted by atomic mass is 16.6. The predicted molar refractivity (Wildman–Crippen MR) is 107 cm³/mol. The first-order valence-electron chi connectivity index (χ1n) is 8.82. The van der Waals surface area contributed by atoms with Crippen LogP contribution in [0.5, 0.6) is 5.75 Å². The zero-order chi connectivity index (χ0) is 21.0. The Morgan fingerprint density at radius 1 is 1.31 bits per heavy atom. The predicted octanol–water partition coefficient (Wildman–Crippen LogP) is 2.98. The van der Waals surface area contributed by atoms with Crippen LogP contribution in [0, 0.1) is 17.0 Å². The van der Waals surface area contributed by atoms with Crippen molar-refractivity contribution in [3.8, 4) is 5.75 Å². The van der Waals surface area contributed by atoms with E-state index in [9.17, 15) is 14.9 Å². The monoisotopic (exact) mass is 396 g/mol. The van der Waals surface area contributed by atoms with Crippen molar-refractivity contribution in [2.45, 2.75) is 6.92 Å². The molecule has 9 heteroatoms. The zero-order valence-electron chi connectivity index (χ0n) is 16.0. The molecule has 3 aromatic rings. The second-order valence-corrected chi connectivity index (χ2v) is 6.36. The molecule has 0 spiro atoms. The number of hydrogen-bond acceptors (Lipinski definition) is 7. The van der Waals surface area contributed by atoms with Crippen LogP contribution >= 0.6 is 0 Å². The molecular formula is C20H20N4O5.